The summed E-state index contributed by atoms with van der Waals surface area (Å²) in [6, 6.07) is 7.64. The fraction of sp³-hybridized carbons (Fsp3) is 0.571. The Balaban J connectivity index is 2.52. The van der Waals surface area contributed by atoms with E-state index in [9.17, 15) is 5.11 Å². The van der Waals surface area contributed by atoms with Gasteiger partial charge in [-0.1, -0.05) is 18.2 Å². The van der Waals surface area contributed by atoms with Crippen LogP contribution in [-0.2, 0) is 4.74 Å². The summed E-state index contributed by atoms with van der Waals surface area (Å²) < 4.78 is 10.7. The summed E-state index contributed by atoms with van der Waals surface area (Å²) >= 11 is 0. The standard InChI is InChI=1S/C14H22O3/c1-3-16-11-7-9-13(15)12-8-5-6-10-14(12)17-4-2/h5-6,8,10,13,15H,3-4,7,9,11H2,1-2H3. The van der Waals surface area contributed by atoms with Crippen molar-refractivity contribution >= 4 is 0 Å². The zero-order chi connectivity index (χ0) is 12.5. The van der Waals surface area contributed by atoms with Gasteiger partial charge in [-0.3, -0.25) is 0 Å². The maximum atomic E-state index is 10.1. The van der Waals surface area contributed by atoms with E-state index in [0.717, 1.165) is 24.3 Å². The van der Waals surface area contributed by atoms with Gasteiger partial charge in [0.15, 0.2) is 0 Å². The predicted octanol–water partition coefficient (Wildman–Crippen LogP) is 2.94. The van der Waals surface area contributed by atoms with Crippen molar-refractivity contribution in [1.29, 1.82) is 0 Å². The minimum absolute atomic E-state index is 0.474. The molecule has 0 radical (unpaired) electrons. The van der Waals surface area contributed by atoms with Gasteiger partial charge >= 0.3 is 0 Å². The van der Waals surface area contributed by atoms with E-state index in [0.29, 0.717) is 19.6 Å². The molecule has 1 atom stereocenters. The third kappa shape index (κ3) is 4.75. The van der Waals surface area contributed by atoms with Crippen LogP contribution in [0.4, 0.5) is 0 Å². The van der Waals surface area contributed by atoms with Crippen molar-refractivity contribution in [3.05, 3.63) is 29.8 Å². The van der Waals surface area contributed by atoms with Crippen molar-refractivity contribution in [2.45, 2.75) is 32.8 Å². The smallest absolute Gasteiger partial charge is 0.125 e. The zero-order valence-corrected chi connectivity index (χ0v) is 10.7. The molecule has 0 bridgehead atoms. The van der Waals surface area contributed by atoms with Gasteiger partial charge in [0.05, 0.1) is 12.7 Å². The number of aliphatic hydroxyl groups excluding tert-OH is 1. The first-order chi connectivity index (χ1) is 8.29. The molecular formula is C14H22O3. The lowest BCUT2D eigenvalue weighted by Gasteiger charge is -2.15. The molecule has 0 aliphatic carbocycles. The summed E-state index contributed by atoms with van der Waals surface area (Å²) in [5, 5.41) is 10.1. The van der Waals surface area contributed by atoms with E-state index in [-0.39, 0.29) is 0 Å². The van der Waals surface area contributed by atoms with Crippen molar-refractivity contribution in [3.63, 3.8) is 0 Å². The molecule has 1 rings (SSSR count). The molecule has 0 aliphatic heterocycles. The lowest BCUT2D eigenvalue weighted by Crippen LogP contribution is -2.04. The molecule has 0 aromatic heterocycles. The summed E-state index contributed by atoms with van der Waals surface area (Å²) in [4.78, 5) is 0. The van der Waals surface area contributed by atoms with Crippen LogP contribution < -0.4 is 4.74 Å². The van der Waals surface area contributed by atoms with Crippen molar-refractivity contribution < 1.29 is 14.6 Å². The minimum atomic E-state index is -0.474. The third-order valence-electron chi connectivity index (χ3n) is 2.55. The van der Waals surface area contributed by atoms with Gasteiger partial charge in [-0.05, 0) is 32.8 Å². The molecule has 1 aromatic rings. The Hall–Kier alpha value is -1.06. The molecule has 0 saturated heterocycles. The Bertz CT molecular complexity index is 312. The van der Waals surface area contributed by atoms with Crippen LogP contribution in [0.2, 0.25) is 0 Å². The van der Waals surface area contributed by atoms with Crippen molar-refractivity contribution in [3.8, 4) is 5.75 Å². The first kappa shape index (κ1) is 14.0. The molecule has 0 amide bonds. The Morgan fingerprint density at radius 3 is 2.65 bits per heavy atom. The Kier molecular flexibility index (Phi) is 6.67. The molecule has 0 saturated carbocycles. The van der Waals surface area contributed by atoms with E-state index in [2.05, 4.69) is 0 Å². The highest BCUT2D eigenvalue weighted by Gasteiger charge is 2.12. The molecule has 0 fully saturated rings. The highest BCUT2D eigenvalue weighted by atomic mass is 16.5. The number of aliphatic hydroxyl groups is 1. The molecule has 3 nitrogen and oxygen atoms in total. The Morgan fingerprint density at radius 2 is 1.94 bits per heavy atom. The van der Waals surface area contributed by atoms with Crippen LogP contribution in [0.25, 0.3) is 0 Å². The van der Waals surface area contributed by atoms with Gasteiger partial charge in [0.2, 0.25) is 0 Å². The van der Waals surface area contributed by atoms with Crippen LogP contribution >= 0.6 is 0 Å². The van der Waals surface area contributed by atoms with Crippen LogP contribution in [0.5, 0.6) is 5.75 Å². The highest BCUT2D eigenvalue weighted by Crippen LogP contribution is 2.27. The largest absolute Gasteiger partial charge is 0.493 e. The summed E-state index contributed by atoms with van der Waals surface area (Å²) in [6.45, 7) is 5.96. The normalized spacial score (nSPS) is 12.4. The molecule has 96 valence electrons. The second-order valence-electron chi connectivity index (χ2n) is 3.83. The summed E-state index contributed by atoms with van der Waals surface area (Å²) in [5.41, 5.74) is 0.867. The molecule has 0 heterocycles. The van der Waals surface area contributed by atoms with Crippen molar-refractivity contribution in [2.24, 2.45) is 0 Å². The molecule has 1 N–H and O–H groups in total. The van der Waals surface area contributed by atoms with Crippen LogP contribution in [0, 0.1) is 0 Å². The number of rotatable bonds is 8. The SMILES string of the molecule is CCOCCCC(O)c1ccccc1OCC. The molecule has 1 aromatic carbocycles. The second-order valence-corrected chi connectivity index (χ2v) is 3.83. The number of benzene rings is 1. The van der Waals surface area contributed by atoms with E-state index in [4.69, 9.17) is 9.47 Å². The minimum Gasteiger partial charge on any atom is -0.493 e. The third-order valence-corrected chi connectivity index (χ3v) is 2.55. The quantitative estimate of drug-likeness (QED) is 0.708. The molecule has 17 heavy (non-hydrogen) atoms. The van der Waals surface area contributed by atoms with Gasteiger partial charge in [-0.25, -0.2) is 0 Å². The van der Waals surface area contributed by atoms with Gasteiger partial charge in [-0.2, -0.15) is 0 Å². The summed E-state index contributed by atoms with van der Waals surface area (Å²) in [5.74, 6) is 0.777. The number of para-hydroxylation sites is 1. The molecule has 1 unspecified atom stereocenters. The monoisotopic (exact) mass is 238 g/mol. The molecule has 0 aliphatic rings. The fourth-order valence-corrected chi connectivity index (χ4v) is 1.72. The van der Waals surface area contributed by atoms with Gasteiger partial charge in [0, 0.05) is 18.8 Å². The average Bonchev–Trinajstić information content (AvgIpc) is 2.35. The van der Waals surface area contributed by atoms with E-state index >= 15 is 0 Å². The van der Waals surface area contributed by atoms with Gasteiger partial charge in [0.1, 0.15) is 5.75 Å². The van der Waals surface area contributed by atoms with E-state index in [1.807, 2.05) is 38.1 Å². The predicted molar refractivity (Wildman–Crippen MR) is 68.3 cm³/mol. The zero-order valence-electron chi connectivity index (χ0n) is 10.7. The van der Waals surface area contributed by atoms with Crippen LogP contribution in [-0.4, -0.2) is 24.9 Å². The maximum Gasteiger partial charge on any atom is 0.125 e. The fourth-order valence-electron chi connectivity index (χ4n) is 1.72. The van der Waals surface area contributed by atoms with Gasteiger partial charge < -0.3 is 14.6 Å². The summed E-state index contributed by atoms with van der Waals surface area (Å²) in [7, 11) is 0. The first-order valence-electron chi connectivity index (χ1n) is 6.27. The number of ether oxygens (including phenoxy) is 2. The van der Waals surface area contributed by atoms with Crippen molar-refractivity contribution in [2.75, 3.05) is 19.8 Å². The van der Waals surface area contributed by atoms with Gasteiger partial charge in [0.25, 0.3) is 0 Å². The number of hydrogen-bond donors (Lipinski definition) is 1. The van der Waals surface area contributed by atoms with E-state index in [1.54, 1.807) is 0 Å². The van der Waals surface area contributed by atoms with E-state index in [1.165, 1.54) is 0 Å². The topological polar surface area (TPSA) is 38.7 Å². The molecular weight excluding hydrogens is 216 g/mol. The van der Waals surface area contributed by atoms with Gasteiger partial charge in [-0.15, -0.1) is 0 Å². The molecule has 3 heteroatoms. The second kappa shape index (κ2) is 8.09. The lowest BCUT2D eigenvalue weighted by atomic mass is 10.0. The number of hydrogen-bond acceptors (Lipinski definition) is 3. The maximum absolute atomic E-state index is 10.1. The molecule has 0 spiro atoms. The Morgan fingerprint density at radius 1 is 1.18 bits per heavy atom. The van der Waals surface area contributed by atoms with Crippen LogP contribution in [0.3, 0.4) is 0 Å². The lowest BCUT2D eigenvalue weighted by molar-refractivity contribution is 0.113. The average molecular weight is 238 g/mol. The van der Waals surface area contributed by atoms with Crippen LogP contribution in [0.1, 0.15) is 38.4 Å². The Labute approximate surface area is 103 Å². The first-order valence-corrected chi connectivity index (χ1v) is 6.27. The summed E-state index contributed by atoms with van der Waals surface area (Å²) in [6.07, 6.45) is 1.08. The van der Waals surface area contributed by atoms with Crippen molar-refractivity contribution in [1.82, 2.24) is 0 Å². The highest BCUT2D eigenvalue weighted by molar-refractivity contribution is 5.34. The van der Waals surface area contributed by atoms with Crippen LogP contribution in [0.15, 0.2) is 24.3 Å². The van der Waals surface area contributed by atoms with E-state index < -0.39 is 6.10 Å².